The van der Waals surface area contributed by atoms with Gasteiger partial charge in [-0.15, -0.1) is 0 Å². The van der Waals surface area contributed by atoms with Crippen LogP contribution in [0, 0.1) is 0 Å². The number of nitrogens with one attached hydrogen (secondary N) is 2. The molecule has 2 N–H and O–H groups in total. The molecule has 0 atom stereocenters. The minimum absolute atomic E-state index is 0.225. The summed E-state index contributed by atoms with van der Waals surface area (Å²) in [5.74, 6) is -0.606. The first-order valence-corrected chi connectivity index (χ1v) is 9.01. The SMILES string of the molecule is CCCCNC(=O)/C(=C/c1cccc(Br)c1)NC(=O)c1ccccc1. The van der Waals surface area contributed by atoms with Gasteiger partial charge in [-0.2, -0.15) is 0 Å². The molecule has 2 aromatic rings. The highest BCUT2D eigenvalue weighted by molar-refractivity contribution is 9.10. The molecule has 0 saturated heterocycles. The van der Waals surface area contributed by atoms with Crippen LogP contribution in [0.4, 0.5) is 0 Å². The van der Waals surface area contributed by atoms with Gasteiger partial charge in [0.1, 0.15) is 5.70 Å². The first-order valence-electron chi connectivity index (χ1n) is 8.22. The summed E-state index contributed by atoms with van der Waals surface area (Å²) in [6, 6.07) is 16.4. The van der Waals surface area contributed by atoms with Gasteiger partial charge in [0, 0.05) is 16.6 Å². The van der Waals surface area contributed by atoms with Crippen LogP contribution in [-0.2, 0) is 4.79 Å². The predicted molar refractivity (Wildman–Crippen MR) is 104 cm³/mol. The number of amides is 2. The van der Waals surface area contributed by atoms with E-state index >= 15 is 0 Å². The fraction of sp³-hybridized carbons (Fsp3) is 0.200. The van der Waals surface area contributed by atoms with Crippen molar-refractivity contribution in [3.63, 3.8) is 0 Å². The Morgan fingerprint density at radius 2 is 1.84 bits per heavy atom. The third kappa shape index (κ3) is 6.19. The molecule has 0 aliphatic rings. The summed E-state index contributed by atoms with van der Waals surface area (Å²) in [5, 5.41) is 5.56. The van der Waals surface area contributed by atoms with Crippen LogP contribution in [0.5, 0.6) is 0 Å². The molecule has 2 aromatic carbocycles. The summed E-state index contributed by atoms with van der Waals surface area (Å²) >= 11 is 3.41. The lowest BCUT2D eigenvalue weighted by atomic mass is 10.1. The number of carbonyl (C=O) groups is 2. The van der Waals surface area contributed by atoms with Crippen LogP contribution in [0.15, 0.2) is 64.8 Å². The van der Waals surface area contributed by atoms with Crippen LogP contribution in [0.3, 0.4) is 0 Å². The lowest BCUT2D eigenvalue weighted by Crippen LogP contribution is -2.35. The minimum atomic E-state index is -0.313. The Morgan fingerprint density at radius 1 is 1.08 bits per heavy atom. The lowest BCUT2D eigenvalue weighted by molar-refractivity contribution is -0.117. The fourth-order valence-corrected chi connectivity index (χ4v) is 2.60. The molecule has 0 aromatic heterocycles. The van der Waals surface area contributed by atoms with Crippen molar-refractivity contribution in [1.29, 1.82) is 0 Å². The van der Waals surface area contributed by atoms with Gasteiger partial charge in [0.2, 0.25) is 0 Å². The topological polar surface area (TPSA) is 58.2 Å². The zero-order chi connectivity index (χ0) is 18.1. The van der Waals surface area contributed by atoms with Crippen LogP contribution < -0.4 is 10.6 Å². The molecule has 0 aliphatic carbocycles. The highest BCUT2D eigenvalue weighted by Gasteiger charge is 2.14. The number of carbonyl (C=O) groups excluding carboxylic acids is 2. The molecule has 4 nitrogen and oxygen atoms in total. The summed E-state index contributed by atoms with van der Waals surface area (Å²) in [5.41, 5.74) is 1.55. The average molecular weight is 401 g/mol. The van der Waals surface area contributed by atoms with Crippen LogP contribution >= 0.6 is 15.9 Å². The number of halogens is 1. The van der Waals surface area contributed by atoms with Gasteiger partial charge < -0.3 is 10.6 Å². The van der Waals surface area contributed by atoms with E-state index in [4.69, 9.17) is 0 Å². The van der Waals surface area contributed by atoms with Crippen LogP contribution in [0.2, 0.25) is 0 Å². The maximum absolute atomic E-state index is 12.5. The van der Waals surface area contributed by atoms with Crippen molar-refractivity contribution in [2.24, 2.45) is 0 Å². The summed E-state index contributed by atoms with van der Waals surface area (Å²) in [4.78, 5) is 24.9. The van der Waals surface area contributed by atoms with E-state index in [1.165, 1.54) is 0 Å². The number of benzene rings is 2. The number of hydrogen-bond acceptors (Lipinski definition) is 2. The molecule has 0 spiro atoms. The first kappa shape index (κ1) is 18.9. The number of unbranched alkanes of at least 4 members (excludes halogenated alkanes) is 1. The first-order chi connectivity index (χ1) is 12.1. The molecule has 0 unspecified atom stereocenters. The van der Waals surface area contributed by atoms with Crippen molar-refractivity contribution in [3.8, 4) is 0 Å². The van der Waals surface area contributed by atoms with Gasteiger partial charge in [0.05, 0.1) is 0 Å². The molecule has 2 amide bonds. The summed E-state index contributed by atoms with van der Waals surface area (Å²) in [6.45, 7) is 2.63. The van der Waals surface area contributed by atoms with Gasteiger partial charge in [-0.1, -0.05) is 59.6 Å². The molecule has 0 heterocycles. The van der Waals surface area contributed by atoms with E-state index in [1.807, 2.05) is 30.3 Å². The zero-order valence-electron chi connectivity index (χ0n) is 14.1. The molecular formula is C20H21BrN2O2. The van der Waals surface area contributed by atoms with E-state index in [9.17, 15) is 9.59 Å². The summed E-state index contributed by atoms with van der Waals surface area (Å²) in [7, 11) is 0. The number of hydrogen-bond donors (Lipinski definition) is 2. The van der Waals surface area contributed by atoms with Crippen LogP contribution in [-0.4, -0.2) is 18.4 Å². The van der Waals surface area contributed by atoms with E-state index in [0.29, 0.717) is 12.1 Å². The molecule has 0 bridgehead atoms. The summed E-state index contributed by atoms with van der Waals surface area (Å²) < 4.78 is 0.904. The standard InChI is InChI=1S/C20H21BrN2O2/c1-2-3-12-22-20(25)18(14-15-8-7-11-17(21)13-15)23-19(24)16-9-5-4-6-10-16/h4-11,13-14H,2-3,12H2,1H3,(H,22,25)(H,23,24)/b18-14-. The second kappa shape index (κ2) is 9.79. The molecule has 2 rings (SSSR count). The monoisotopic (exact) mass is 400 g/mol. The van der Waals surface area contributed by atoms with Crippen molar-refractivity contribution < 1.29 is 9.59 Å². The minimum Gasteiger partial charge on any atom is -0.351 e. The quantitative estimate of drug-likeness (QED) is 0.541. The molecule has 0 fully saturated rings. The Morgan fingerprint density at radius 3 is 2.52 bits per heavy atom. The van der Waals surface area contributed by atoms with Crippen molar-refractivity contribution in [1.82, 2.24) is 10.6 Å². The molecular weight excluding hydrogens is 380 g/mol. The fourth-order valence-electron chi connectivity index (χ4n) is 2.18. The van der Waals surface area contributed by atoms with Gasteiger partial charge in [0.15, 0.2) is 0 Å². The third-order valence-electron chi connectivity index (χ3n) is 3.50. The average Bonchev–Trinajstić information content (AvgIpc) is 2.62. The van der Waals surface area contributed by atoms with Crippen molar-refractivity contribution in [2.45, 2.75) is 19.8 Å². The van der Waals surface area contributed by atoms with Gasteiger partial charge >= 0.3 is 0 Å². The molecule has 0 saturated carbocycles. The molecule has 130 valence electrons. The molecule has 0 aliphatic heterocycles. The van der Waals surface area contributed by atoms with E-state index in [1.54, 1.807) is 30.3 Å². The second-order valence-electron chi connectivity index (χ2n) is 5.54. The Balaban J connectivity index is 2.22. The highest BCUT2D eigenvalue weighted by atomic mass is 79.9. The highest BCUT2D eigenvalue weighted by Crippen LogP contribution is 2.14. The molecule has 0 radical (unpaired) electrons. The van der Waals surface area contributed by atoms with E-state index in [-0.39, 0.29) is 17.5 Å². The van der Waals surface area contributed by atoms with Gasteiger partial charge in [0.25, 0.3) is 11.8 Å². The Bertz CT molecular complexity index is 757. The third-order valence-corrected chi connectivity index (χ3v) is 4.00. The zero-order valence-corrected chi connectivity index (χ0v) is 15.7. The Labute approximate surface area is 156 Å². The maximum atomic E-state index is 12.5. The smallest absolute Gasteiger partial charge is 0.267 e. The predicted octanol–water partition coefficient (Wildman–Crippen LogP) is 4.14. The van der Waals surface area contributed by atoms with E-state index in [2.05, 4.69) is 33.5 Å². The van der Waals surface area contributed by atoms with Crippen LogP contribution in [0.1, 0.15) is 35.7 Å². The summed E-state index contributed by atoms with van der Waals surface area (Å²) in [6.07, 6.45) is 3.55. The normalized spacial score (nSPS) is 11.0. The van der Waals surface area contributed by atoms with Gasteiger partial charge in [-0.05, 0) is 42.3 Å². The maximum Gasteiger partial charge on any atom is 0.267 e. The molecule has 25 heavy (non-hydrogen) atoms. The van der Waals surface area contributed by atoms with Crippen LogP contribution in [0.25, 0.3) is 6.08 Å². The van der Waals surface area contributed by atoms with E-state index in [0.717, 1.165) is 22.9 Å². The number of rotatable bonds is 7. The lowest BCUT2D eigenvalue weighted by Gasteiger charge is -2.11. The largest absolute Gasteiger partial charge is 0.351 e. The Hall–Kier alpha value is -2.40. The van der Waals surface area contributed by atoms with Gasteiger partial charge in [-0.3, -0.25) is 9.59 Å². The second-order valence-corrected chi connectivity index (χ2v) is 6.46. The van der Waals surface area contributed by atoms with Crippen molar-refractivity contribution in [2.75, 3.05) is 6.54 Å². The van der Waals surface area contributed by atoms with Gasteiger partial charge in [-0.25, -0.2) is 0 Å². The van der Waals surface area contributed by atoms with E-state index < -0.39 is 0 Å². The van der Waals surface area contributed by atoms with Crippen molar-refractivity contribution >= 4 is 33.8 Å². The van der Waals surface area contributed by atoms with Crippen molar-refractivity contribution in [3.05, 3.63) is 75.9 Å². The Kier molecular flexibility index (Phi) is 7.41. The molecule has 5 heteroatoms.